The maximum absolute atomic E-state index is 13.1. The Labute approximate surface area is 107 Å². The molecule has 0 amide bonds. The highest BCUT2D eigenvalue weighted by Gasteiger charge is 2.09. The third kappa shape index (κ3) is 4.60. The van der Waals surface area contributed by atoms with E-state index in [-0.39, 0.29) is 12.4 Å². The number of benzene rings is 1. The Hall–Kier alpha value is -1.17. The molecule has 0 aliphatic carbocycles. The van der Waals surface area contributed by atoms with Crippen molar-refractivity contribution in [2.45, 2.75) is 12.5 Å². The lowest BCUT2D eigenvalue weighted by Gasteiger charge is -2.19. The number of hydrogen-bond donors (Lipinski definition) is 2. The fraction of sp³-hybridized carbons (Fsp3) is 0.538. The zero-order chi connectivity index (χ0) is 13.5. The smallest absolute Gasteiger partial charge is 0.123 e. The molecular formula is C13H20FNO3. The molecule has 0 aliphatic rings. The molecule has 1 unspecified atom stereocenters. The number of nitrogens with zero attached hydrogens (tertiary/aromatic N) is 1. The lowest BCUT2D eigenvalue weighted by Crippen LogP contribution is -2.32. The first-order valence-electron chi connectivity index (χ1n) is 5.86. The van der Waals surface area contributed by atoms with Crippen molar-refractivity contribution in [2.24, 2.45) is 0 Å². The second-order valence-corrected chi connectivity index (χ2v) is 4.30. The molecule has 0 spiro atoms. The molecular weight excluding hydrogens is 237 g/mol. The van der Waals surface area contributed by atoms with E-state index in [1.54, 1.807) is 13.2 Å². The maximum atomic E-state index is 13.1. The van der Waals surface area contributed by atoms with Gasteiger partial charge in [-0.3, -0.25) is 0 Å². The zero-order valence-corrected chi connectivity index (χ0v) is 10.8. The summed E-state index contributed by atoms with van der Waals surface area (Å²) in [6.45, 7) is 0.776. The molecule has 1 aromatic carbocycles. The molecule has 5 heteroatoms. The van der Waals surface area contributed by atoms with Crippen molar-refractivity contribution < 1.29 is 19.3 Å². The van der Waals surface area contributed by atoms with Crippen molar-refractivity contribution in [2.75, 3.05) is 33.9 Å². The van der Waals surface area contributed by atoms with Crippen molar-refractivity contribution in [3.05, 3.63) is 29.6 Å². The number of methoxy groups -OCH3 is 1. The topological polar surface area (TPSA) is 52.9 Å². The van der Waals surface area contributed by atoms with Crippen LogP contribution >= 0.6 is 0 Å². The van der Waals surface area contributed by atoms with Gasteiger partial charge in [-0.25, -0.2) is 4.39 Å². The van der Waals surface area contributed by atoms with Gasteiger partial charge in [-0.2, -0.15) is 0 Å². The van der Waals surface area contributed by atoms with Crippen LogP contribution in [-0.2, 0) is 6.42 Å². The van der Waals surface area contributed by atoms with Crippen molar-refractivity contribution >= 4 is 0 Å². The summed E-state index contributed by atoms with van der Waals surface area (Å²) < 4.78 is 18.3. The summed E-state index contributed by atoms with van der Waals surface area (Å²) in [6, 6.07) is 4.42. The highest BCUT2D eigenvalue weighted by atomic mass is 19.1. The first kappa shape index (κ1) is 14.9. The Kier molecular flexibility index (Phi) is 6.04. The molecule has 18 heavy (non-hydrogen) atoms. The van der Waals surface area contributed by atoms with E-state index in [1.807, 2.05) is 11.9 Å². The summed E-state index contributed by atoms with van der Waals surface area (Å²) in [7, 11) is 3.39. The third-order valence-electron chi connectivity index (χ3n) is 2.74. The SMILES string of the molecule is COc1ccc(F)cc1CCN(C)CC(O)CO. The first-order valence-corrected chi connectivity index (χ1v) is 5.86. The van der Waals surface area contributed by atoms with Crippen molar-refractivity contribution in [1.82, 2.24) is 4.90 Å². The van der Waals surface area contributed by atoms with Crippen molar-refractivity contribution in [3.8, 4) is 5.75 Å². The predicted molar refractivity (Wildman–Crippen MR) is 67.2 cm³/mol. The number of halogens is 1. The first-order chi connectivity index (χ1) is 8.56. The Morgan fingerprint density at radius 3 is 2.78 bits per heavy atom. The zero-order valence-electron chi connectivity index (χ0n) is 10.8. The summed E-state index contributed by atoms with van der Waals surface area (Å²) in [4.78, 5) is 1.88. The molecule has 0 aromatic heterocycles. The minimum Gasteiger partial charge on any atom is -0.496 e. The van der Waals surface area contributed by atoms with E-state index in [1.165, 1.54) is 12.1 Å². The fourth-order valence-corrected chi connectivity index (χ4v) is 1.76. The molecule has 0 radical (unpaired) electrons. The second-order valence-electron chi connectivity index (χ2n) is 4.30. The van der Waals surface area contributed by atoms with Gasteiger partial charge in [-0.15, -0.1) is 0 Å². The van der Waals surface area contributed by atoms with E-state index in [0.29, 0.717) is 25.3 Å². The predicted octanol–water partition coefficient (Wildman–Crippen LogP) is 0.662. The minimum atomic E-state index is -0.746. The lowest BCUT2D eigenvalue weighted by atomic mass is 10.1. The van der Waals surface area contributed by atoms with E-state index in [9.17, 15) is 9.50 Å². The molecule has 1 atom stereocenters. The monoisotopic (exact) mass is 257 g/mol. The molecule has 1 rings (SSSR count). The molecule has 0 heterocycles. The molecule has 0 fully saturated rings. The van der Waals surface area contributed by atoms with Gasteiger partial charge in [-0.05, 0) is 37.2 Å². The van der Waals surface area contributed by atoms with Crippen LogP contribution in [0.25, 0.3) is 0 Å². The normalized spacial score (nSPS) is 12.8. The Bertz CT molecular complexity index is 373. The average Bonchev–Trinajstić information content (AvgIpc) is 2.36. The molecule has 0 saturated carbocycles. The number of ether oxygens (including phenoxy) is 1. The number of aliphatic hydroxyl groups is 2. The largest absolute Gasteiger partial charge is 0.496 e. The van der Waals surface area contributed by atoms with Gasteiger partial charge in [0.1, 0.15) is 11.6 Å². The summed E-state index contributed by atoms with van der Waals surface area (Å²) in [5.41, 5.74) is 0.794. The van der Waals surface area contributed by atoms with E-state index in [0.717, 1.165) is 5.56 Å². The van der Waals surface area contributed by atoms with Gasteiger partial charge in [0.2, 0.25) is 0 Å². The van der Waals surface area contributed by atoms with Gasteiger partial charge >= 0.3 is 0 Å². The molecule has 0 saturated heterocycles. The highest BCUT2D eigenvalue weighted by molar-refractivity contribution is 5.34. The second kappa shape index (κ2) is 7.31. The van der Waals surface area contributed by atoms with Crippen LogP contribution in [0, 0.1) is 5.82 Å². The van der Waals surface area contributed by atoms with Crippen molar-refractivity contribution in [3.63, 3.8) is 0 Å². The van der Waals surface area contributed by atoms with Crippen LogP contribution in [0.2, 0.25) is 0 Å². The summed E-state index contributed by atoms with van der Waals surface area (Å²) in [6.07, 6.45) is -0.125. The summed E-state index contributed by atoms with van der Waals surface area (Å²) in [5, 5.41) is 18.0. The van der Waals surface area contributed by atoms with Crippen LogP contribution in [0.1, 0.15) is 5.56 Å². The van der Waals surface area contributed by atoms with E-state index in [2.05, 4.69) is 0 Å². The number of hydrogen-bond acceptors (Lipinski definition) is 4. The minimum absolute atomic E-state index is 0.256. The number of rotatable bonds is 7. The standard InChI is InChI=1S/C13H20FNO3/c1-15(8-12(17)9-16)6-5-10-7-11(14)3-4-13(10)18-2/h3-4,7,12,16-17H,5-6,8-9H2,1-2H3. The van der Waals surface area contributed by atoms with E-state index in [4.69, 9.17) is 9.84 Å². The molecule has 0 aliphatic heterocycles. The Balaban J connectivity index is 2.54. The van der Waals surface area contributed by atoms with Crippen LogP contribution in [0.5, 0.6) is 5.75 Å². The molecule has 0 bridgehead atoms. The van der Waals surface area contributed by atoms with Crippen LogP contribution < -0.4 is 4.74 Å². The molecule has 2 N–H and O–H groups in total. The van der Waals surface area contributed by atoms with E-state index < -0.39 is 6.10 Å². The van der Waals surface area contributed by atoms with Gasteiger partial charge < -0.3 is 19.8 Å². The maximum Gasteiger partial charge on any atom is 0.123 e. The summed E-state index contributed by atoms with van der Waals surface area (Å²) in [5.74, 6) is 0.372. The average molecular weight is 257 g/mol. The van der Waals surface area contributed by atoms with Crippen LogP contribution in [0.3, 0.4) is 0 Å². The summed E-state index contributed by atoms with van der Waals surface area (Å²) >= 11 is 0. The quantitative estimate of drug-likeness (QED) is 0.753. The highest BCUT2D eigenvalue weighted by Crippen LogP contribution is 2.19. The fourth-order valence-electron chi connectivity index (χ4n) is 1.76. The van der Waals surface area contributed by atoms with Crippen LogP contribution in [0.4, 0.5) is 4.39 Å². The number of aliphatic hydroxyl groups excluding tert-OH is 2. The third-order valence-corrected chi connectivity index (χ3v) is 2.74. The Morgan fingerprint density at radius 1 is 1.44 bits per heavy atom. The lowest BCUT2D eigenvalue weighted by molar-refractivity contribution is 0.0669. The van der Waals surface area contributed by atoms with E-state index >= 15 is 0 Å². The molecule has 4 nitrogen and oxygen atoms in total. The molecule has 1 aromatic rings. The van der Waals surface area contributed by atoms with Gasteiger partial charge in [0.25, 0.3) is 0 Å². The number of likely N-dealkylation sites (N-methyl/N-ethyl adjacent to an activating group) is 1. The Morgan fingerprint density at radius 2 is 2.17 bits per heavy atom. The van der Waals surface area contributed by atoms with Gasteiger partial charge in [-0.1, -0.05) is 0 Å². The van der Waals surface area contributed by atoms with Crippen LogP contribution in [0.15, 0.2) is 18.2 Å². The van der Waals surface area contributed by atoms with Crippen molar-refractivity contribution in [1.29, 1.82) is 0 Å². The van der Waals surface area contributed by atoms with Gasteiger partial charge in [0.05, 0.1) is 19.8 Å². The van der Waals surface area contributed by atoms with Gasteiger partial charge in [0, 0.05) is 13.1 Å². The molecule has 102 valence electrons. The van der Waals surface area contributed by atoms with Crippen LogP contribution in [-0.4, -0.2) is 55.1 Å². The van der Waals surface area contributed by atoms with Gasteiger partial charge in [0.15, 0.2) is 0 Å².